The zero-order valence-corrected chi connectivity index (χ0v) is 18.8. The van der Waals surface area contributed by atoms with Gasteiger partial charge in [0.2, 0.25) is 0 Å². The molecule has 1 heterocycles. The molecule has 3 aromatic rings. The third-order valence-electron chi connectivity index (χ3n) is 5.33. The lowest BCUT2D eigenvalue weighted by Gasteiger charge is -2.22. The number of hydrogen-bond acceptors (Lipinski definition) is 3. The highest BCUT2D eigenvalue weighted by Crippen LogP contribution is 2.39. The van der Waals surface area contributed by atoms with Crippen LogP contribution in [-0.4, -0.2) is 18.9 Å². The molecule has 0 saturated carbocycles. The number of aryl methyl sites for hydroxylation is 2. The number of nitrogens with zero attached hydrogens (tertiary/aromatic N) is 2. The smallest absolute Gasteiger partial charge is 0.282 e. The van der Waals surface area contributed by atoms with Crippen molar-refractivity contribution in [1.29, 1.82) is 0 Å². The van der Waals surface area contributed by atoms with E-state index in [1.165, 1.54) is 4.90 Å². The van der Waals surface area contributed by atoms with Crippen LogP contribution in [0.15, 0.2) is 72.4 Å². The van der Waals surface area contributed by atoms with Gasteiger partial charge in [0, 0.05) is 23.3 Å². The van der Waals surface area contributed by atoms with Crippen LogP contribution in [-0.2, 0) is 9.59 Å². The van der Waals surface area contributed by atoms with Gasteiger partial charge in [-0.1, -0.05) is 65.2 Å². The molecule has 1 aliphatic heterocycles. The highest BCUT2D eigenvalue weighted by Gasteiger charge is 2.43. The third-order valence-corrected chi connectivity index (χ3v) is 5.88. The summed E-state index contributed by atoms with van der Waals surface area (Å²) in [5.41, 5.74) is 4.21. The van der Waals surface area contributed by atoms with Crippen molar-refractivity contribution >= 4 is 52.0 Å². The summed E-state index contributed by atoms with van der Waals surface area (Å²) in [6.07, 6.45) is 0. The SMILES string of the molecule is Cc1ccc(N2C(=O)C(c3ccc(Cl)cc3Cl)=C(N(C)c3ccccc3)C2=O)c(C)c1. The summed E-state index contributed by atoms with van der Waals surface area (Å²) in [5.74, 6) is -0.816. The van der Waals surface area contributed by atoms with Gasteiger partial charge in [0.1, 0.15) is 5.70 Å². The lowest BCUT2D eigenvalue weighted by molar-refractivity contribution is -0.120. The minimum atomic E-state index is -0.418. The number of halogens is 2. The van der Waals surface area contributed by atoms with Crippen molar-refractivity contribution < 1.29 is 9.59 Å². The molecule has 31 heavy (non-hydrogen) atoms. The van der Waals surface area contributed by atoms with E-state index >= 15 is 0 Å². The zero-order chi connectivity index (χ0) is 22.3. The van der Waals surface area contributed by atoms with Crippen molar-refractivity contribution in [2.75, 3.05) is 16.8 Å². The summed E-state index contributed by atoms with van der Waals surface area (Å²) in [6.45, 7) is 3.85. The number of carbonyl (C=O) groups excluding carboxylic acids is 2. The molecule has 1 aliphatic rings. The van der Waals surface area contributed by atoms with E-state index in [4.69, 9.17) is 23.2 Å². The molecular weight excluding hydrogens is 431 g/mol. The number of hydrogen-bond donors (Lipinski definition) is 0. The van der Waals surface area contributed by atoms with Crippen LogP contribution in [0, 0.1) is 13.8 Å². The second-order valence-electron chi connectivity index (χ2n) is 7.48. The standard InChI is InChI=1S/C25H20Cl2N2O2/c1-15-9-12-21(16(2)13-15)29-24(30)22(19-11-10-17(26)14-20(19)27)23(25(29)31)28(3)18-7-5-4-6-8-18/h4-14H,1-3H3. The van der Waals surface area contributed by atoms with Gasteiger partial charge >= 0.3 is 0 Å². The Kier molecular flexibility index (Phi) is 5.61. The third kappa shape index (κ3) is 3.73. The van der Waals surface area contributed by atoms with E-state index in [-0.39, 0.29) is 11.3 Å². The Labute approximate surface area is 191 Å². The molecule has 156 valence electrons. The Hall–Kier alpha value is -3.08. The minimum absolute atomic E-state index is 0.248. The van der Waals surface area contributed by atoms with E-state index in [1.807, 2.05) is 56.3 Å². The predicted octanol–water partition coefficient (Wildman–Crippen LogP) is 6.03. The summed E-state index contributed by atoms with van der Waals surface area (Å²) in [4.78, 5) is 30.3. The molecule has 2 amide bonds. The van der Waals surface area contributed by atoms with Crippen LogP contribution in [0.5, 0.6) is 0 Å². The number of benzene rings is 3. The molecule has 0 saturated heterocycles. The first-order chi connectivity index (χ1) is 14.8. The van der Waals surface area contributed by atoms with E-state index in [9.17, 15) is 9.59 Å². The fourth-order valence-corrected chi connectivity index (χ4v) is 4.32. The summed E-state index contributed by atoms with van der Waals surface area (Å²) in [7, 11) is 1.77. The fourth-order valence-electron chi connectivity index (χ4n) is 3.82. The van der Waals surface area contributed by atoms with Crippen LogP contribution < -0.4 is 9.80 Å². The quantitative estimate of drug-likeness (QED) is 0.455. The summed E-state index contributed by atoms with van der Waals surface area (Å²) < 4.78 is 0. The van der Waals surface area contributed by atoms with E-state index < -0.39 is 11.8 Å². The average molecular weight is 451 g/mol. The number of amides is 2. The van der Waals surface area contributed by atoms with Gasteiger partial charge in [-0.15, -0.1) is 0 Å². The highest BCUT2D eigenvalue weighted by atomic mass is 35.5. The molecular formula is C25H20Cl2N2O2. The Morgan fingerprint density at radius 3 is 2.19 bits per heavy atom. The molecule has 0 aliphatic carbocycles. The molecule has 0 aromatic heterocycles. The predicted molar refractivity (Wildman–Crippen MR) is 127 cm³/mol. The van der Waals surface area contributed by atoms with Crippen LogP contribution in [0.25, 0.3) is 5.57 Å². The van der Waals surface area contributed by atoms with E-state index in [2.05, 4.69) is 0 Å². The van der Waals surface area contributed by atoms with Gasteiger partial charge in [0.15, 0.2) is 0 Å². The maximum atomic E-state index is 13.7. The number of imide groups is 1. The van der Waals surface area contributed by atoms with Crippen molar-refractivity contribution in [3.63, 3.8) is 0 Å². The minimum Gasteiger partial charge on any atom is -0.339 e. The van der Waals surface area contributed by atoms with Crippen LogP contribution in [0.4, 0.5) is 11.4 Å². The maximum Gasteiger partial charge on any atom is 0.282 e. The van der Waals surface area contributed by atoms with Crippen molar-refractivity contribution in [2.45, 2.75) is 13.8 Å². The van der Waals surface area contributed by atoms with E-state index in [1.54, 1.807) is 36.2 Å². The van der Waals surface area contributed by atoms with Gasteiger partial charge < -0.3 is 4.90 Å². The first-order valence-electron chi connectivity index (χ1n) is 9.74. The molecule has 0 radical (unpaired) electrons. The van der Waals surface area contributed by atoms with Crippen LogP contribution in [0.2, 0.25) is 10.0 Å². The summed E-state index contributed by atoms with van der Waals surface area (Å²) in [5, 5.41) is 0.764. The number of likely N-dealkylation sites (N-methyl/N-ethyl adjacent to an activating group) is 1. The maximum absolute atomic E-state index is 13.7. The molecule has 0 fully saturated rings. The van der Waals surface area contributed by atoms with Gasteiger partial charge in [0.25, 0.3) is 11.8 Å². The largest absolute Gasteiger partial charge is 0.339 e. The van der Waals surface area contributed by atoms with Crippen LogP contribution in [0.1, 0.15) is 16.7 Å². The Morgan fingerprint density at radius 1 is 0.839 bits per heavy atom. The molecule has 0 atom stereocenters. The van der Waals surface area contributed by atoms with Crippen molar-refractivity contribution in [3.05, 3.63) is 99.2 Å². The monoisotopic (exact) mass is 450 g/mol. The molecule has 6 heteroatoms. The van der Waals surface area contributed by atoms with Crippen molar-refractivity contribution in [1.82, 2.24) is 0 Å². The zero-order valence-electron chi connectivity index (χ0n) is 17.3. The number of rotatable bonds is 4. The second kappa shape index (κ2) is 8.22. The molecule has 0 N–H and O–H groups in total. The van der Waals surface area contributed by atoms with Gasteiger partial charge in [0.05, 0.1) is 16.3 Å². The molecule has 4 nitrogen and oxygen atoms in total. The lowest BCUT2D eigenvalue weighted by Crippen LogP contribution is -2.34. The summed E-state index contributed by atoms with van der Waals surface area (Å²) in [6, 6.07) is 20.0. The number of para-hydroxylation sites is 1. The Balaban J connectivity index is 1.93. The van der Waals surface area contributed by atoms with Gasteiger partial charge in [-0.3, -0.25) is 9.59 Å². The van der Waals surface area contributed by atoms with Crippen molar-refractivity contribution in [2.24, 2.45) is 0 Å². The molecule has 4 rings (SSSR count). The van der Waals surface area contributed by atoms with Crippen molar-refractivity contribution in [3.8, 4) is 0 Å². The molecule has 0 bridgehead atoms. The number of carbonyl (C=O) groups is 2. The molecule has 0 spiro atoms. The van der Waals surface area contributed by atoms with Gasteiger partial charge in [-0.2, -0.15) is 0 Å². The Morgan fingerprint density at radius 2 is 1.55 bits per heavy atom. The average Bonchev–Trinajstić information content (AvgIpc) is 2.99. The van der Waals surface area contributed by atoms with Gasteiger partial charge in [-0.05, 0) is 49.7 Å². The molecule has 0 unspecified atom stereocenters. The van der Waals surface area contributed by atoms with Crippen LogP contribution in [0.3, 0.4) is 0 Å². The Bertz CT molecular complexity index is 1240. The number of anilines is 2. The van der Waals surface area contributed by atoms with Crippen LogP contribution >= 0.6 is 23.2 Å². The highest BCUT2D eigenvalue weighted by molar-refractivity contribution is 6.48. The first-order valence-corrected chi connectivity index (χ1v) is 10.5. The second-order valence-corrected chi connectivity index (χ2v) is 8.32. The lowest BCUT2D eigenvalue weighted by atomic mass is 10.0. The first kappa shape index (κ1) is 21.2. The van der Waals surface area contributed by atoms with E-state index in [0.29, 0.717) is 21.3 Å². The topological polar surface area (TPSA) is 40.6 Å². The van der Waals surface area contributed by atoms with Gasteiger partial charge in [-0.25, -0.2) is 4.90 Å². The molecule has 3 aromatic carbocycles. The summed E-state index contributed by atoms with van der Waals surface area (Å²) >= 11 is 12.5. The normalized spacial score (nSPS) is 13.9. The van der Waals surface area contributed by atoms with E-state index in [0.717, 1.165) is 16.8 Å². The fraction of sp³-hybridized carbons (Fsp3) is 0.120.